The van der Waals surface area contributed by atoms with Gasteiger partial charge in [0.2, 0.25) is 5.91 Å². The Morgan fingerprint density at radius 3 is 2.72 bits per heavy atom. The third-order valence-corrected chi connectivity index (χ3v) is 5.78. The molecule has 0 bridgehead atoms. The Morgan fingerprint density at radius 2 is 1.94 bits per heavy atom. The number of hydrogen-bond donors (Lipinski definition) is 3. The van der Waals surface area contributed by atoms with Crippen LogP contribution in [-0.2, 0) is 4.79 Å². The molecular formula is C23H23N7O2. The maximum Gasteiger partial charge on any atom is 0.254 e. The molecule has 5 rings (SSSR count). The number of H-pyrrole nitrogens is 2. The minimum Gasteiger partial charge on any atom is -0.337 e. The van der Waals surface area contributed by atoms with Crippen LogP contribution in [0.5, 0.6) is 0 Å². The van der Waals surface area contributed by atoms with E-state index >= 15 is 0 Å². The topological polar surface area (TPSA) is 110 Å². The summed E-state index contributed by atoms with van der Waals surface area (Å²) in [6.45, 7) is 6.70. The minimum absolute atomic E-state index is 0.0239. The average Bonchev–Trinajstić information content (AvgIpc) is 3.43. The van der Waals surface area contributed by atoms with Gasteiger partial charge in [-0.1, -0.05) is 12.6 Å². The molecule has 0 radical (unpaired) electrons. The van der Waals surface area contributed by atoms with E-state index in [2.05, 4.69) is 44.0 Å². The van der Waals surface area contributed by atoms with Crippen molar-refractivity contribution in [3.8, 4) is 11.5 Å². The molecule has 0 unspecified atom stereocenters. The zero-order valence-corrected chi connectivity index (χ0v) is 17.7. The summed E-state index contributed by atoms with van der Waals surface area (Å²) in [5.41, 5.74) is 4.09. The highest BCUT2D eigenvalue weighted by Crippen LogP contribution is 2.32. The number of anilines is 1. The Balaban J connectivity index is 1.51. The highest BCUT2D eigenvalue weighted by molar-refractivity contribution is 6.09. The number of imidazole rings is 1. The lowest BCUT2D eigenvalue weighted by Gasteiger charge is -2.32. The molecule has 1 aliphatic heterocycles. The van der Waals surface area contributed by atoms with Gasteiger partial charge in [-0.25, -0.2) is 4.98 Å². The number of piperazine rings is 1. The van der Waals surface area contributed by atoms with Gasteiger partial charge in [0.15, 0.2) is 5.82 Å². The molecule has 1 aliphatic rings. The van der Waals surface area contributed by atoms with Gasteiger partial charge in [-0.15, -0.1) is 0 Å². The van der Waals surface area contributed by atoms with Gasteiger partial charge >= 0.3 is 0 Å². The molecule has 0 saturated carbocycles. The van der Waals surface area contributed by atoms with E-state index in [0.717, 1.165) is 48.1 Å². The summed E-state index contributed by atoms with van der Waals surface area (Å²) >= 11 is 0. The lowest BCUT2D eigenvalue weighted by atomic mass is 10.1. The van der Waals surface area contributed by atoms with Crippen LogP contribution >= 0.6 is 0 Å². The first-order chi connectivity index (χ1) is 15.5. The van der Waals surface area contributed by atoms with Crippen LogP contribution in [0.25, 0.3) is 33.5 Å². The SMILES string of the molecule is C=CC(=O)Nc1cccc2[nH]nc(-c3nc4ccc(C(=O)N5CCN(C)CC5)cc4[nH]3)c12. The van der Waals surface area contributed by atoms with E-state index in [1.807, 2.05) is 35.2 Å². The summed E-state index contributed by atoms with van der Waals surface area (Å²) in [6, 6.07) is 11.0. The van der Waals surface area contributed by atoms with E-state index in [1.165, 1.54) is 6.08 Å². The predicted octanol–water partition coefficient (Wildman–Crippen LogP) is 2.62. The van der Waals surface area contributed by atoms with Crippen LogP contribution in [0.15, 0.2) is 49.1 Å². The Hall–Kier alpha value is -3.98. The molecule has 1 saturated heterocycles. The molecule has 3 N–H and O–H groups in total. The van der Waals surface area contributed by atoms with Gasteiger partial charge in [-0.05, 0) is 43.5 Å². The number of nitrogens with zero attached hydrogens (tertiary/aromatic N) is 4. The molecule has 162 valence electrons. The number of carbonyl (C=O) groups excluding carboxylic acids is 2. The van der Waals surface area contributed by atoms with Crippen LogP contribution in [0.2, 0.25) is 0 Å². The van der Waals surface area contributed by atoms with Crippen molar-refractivity contribution in [1.29, 1.82) is 0 Å². The molecule has 9 nitrogen and oxygen atoms in total. The number of rotatable bonds is 4. The van der Waals surface area contributed by atoms with Crippen LogP contribution in [0.1, 0.15) is 10.4 Å². The van der Waals surface area contributed by atoms with E-state index in [1.54, 1.807) is 6.07 Å². The molecule has 0 atom stereocenters. The van der Waals surface area contributed by atoms with Crippen molar-refractivity contribution in [2.75, 3.05) is 38.5 Å². The van der Waals surface area contributed by atoms with Crippen LogP contribution in [0.3, 0.4) is 0 Å². The predicted molar refractivity (Wildman–Crippen MR) is 123 cm³/mol. The van der Waals surface area contributed by atoms with Crippen molar-refractivity contribution < 1.29 is 9.59 Å². The number of fused-ring (bicyclic) bond motifs is 2. The number of benzene rings is 2. The highest BCUT2D eigenvalue weighted by atomic mass is 16.2. The van der Waals surface area contributed by atoms with Crippen molar-refractivity contribution in [2.24, 2.45) is 0 Å². The molecule has 1 fully saturated rings. The normalized spacial score (nSPS) is 14.7. The second kappa shape index (κ2) is 7.93. The Morgan fingerprint density at radius 1 is 1.12 bits per heavy atom. The average molecular weight is 429 g/mol. The first-order valence-corrected chi connectivity index (χ1v) is 10.4. The molecule has 0 spiro atoms. The first-order valence-electron chi connectivity index (χ1n) is 10.4. The fourth-order valence-corrected chi connectivity index (χ4v) is 3.98. The number of nitrogens with one attached hydrogen (secondary N) is 3. The van der Waals surface area contributed by atoms with Crippen LogP contribution in [0.4, 0.5) is 5.69 Å². The molecule has 0 aliphatic carbocycles. The smallest absolute Gasteiger partial charge is 0.254 e. The summed E-state index contributed by atoms with van der Waals surface area (Å²) in [5.74, 6) is 0.271. The number of aromatic nitrogens is 4. The van der Waals surface area contributed by atoms with E-state index in [9.17, 15) is 9.59 Å². The van der Waals surface area contributed by atoms with Gasteiger partial charge in [0.05, 0.1) is 27.6 Å². The number of hydrogen-bond acceptors (Lipinski definition) is 5. The molecule has 4 aromatic rings. The lowest BCUT2D eigenvalue weighted by Crippen LogP contribution is -2.47. The molecular weight excluding hydrogens is 406 g/mol. The Kier molecular flexibility index (Phi) is 4.95. The van der Waals surface area contributed by atoms with Gasteiger partial charge in [0.25, 0.3) is 5.91 Å². The van der Waals surface area contributed by atoms with E-state index < -0.39 is 0 Å². The van der Waals surface area contributed by atoms with E-state index in [-0.39, 0.29) is 11.8 Å². The first kappa shape index (κ1) is 20.0. The van der Waals surface area contributed by atoms with Crippen molar-refractivity contribution in [3.05, 3.63) is 54.6 Å². The van der Waals surface area contributed by atoms with Crippen molar-refractivity contribution >= 4 is 39.4 Å². The quantitative estimate of drug-likeness (QED) is 0.432. The molecule has 3 heterocycles. The largest absolute Gasteiger partial charge is 0.337 e. The summed E-state index contributed by atoms with van der Waals surface area (Å²) < 4.78 is 0. The molecule has 2 aromatic heterocycles. The third-order valence-electron chi connectivity index (χ3n) is 5.78. The minimum atomic E-state index is -0.304. The summed E-state index contributed by atoms with van der Waals surface area (Å²) in [5, 5.41) is 11.0. The summed E-state index contributed by atoms with van der Waals surface area (Å²) in [4.78, 5) is 36.9. The second-order valence-corrected chi connectivity index (χ2v) is 7.91. The van der Waals surface area contributed by atoms with Gasteiger partial charge in [0, 0.05) is 31.7 Å². The number of aromatic amines is 2. The van der Waals surface area contributed by atoms with Crippen LogP contribution in [-0.4, -0.2) is 75.0 Å². The maximum atomic E-state index is 12.9. The summed E-state index contributed by atoms with van der Waals surface area (Å²) in [7, 11) is 2.06. The van der Waals surface area contributed by atoms with E-state index in [0.29, 0.717) is 22.8 Å². The van der Waals surface area contributed by atoms with Gasteiger partial charge in [-0.3, -0.25) is 14.7 Å². The van der Waals surface area contributed by atoms with Gasteiger partial charge < -0.3 is 20.1 Å². The Bertz CT molecular complexity index is 1350. The van der Waals surface area contributed by atoms with Crippen molar-refractivity contribution in [2.45, 2.75) is 0 Å². The standard InChI is InChI=1S/C23H23N7O2/c1-3-19(31)24-16-5-4-6-17-20(16)21(28-27-17)22-25-15-8-7-14(13-18(15)26-22)23(32)30-11-9-29(2)10-12-30/h3-8,13H,1,9-12H2,2H3,(H,24,31)(H,25,26)(H,27,28). The monoisotopic (exact) mass is 429 g/mol. The maximum absolute atomic E-state index is 12.9. The van der Waals surface area contributed by atoms with Gasteiger partial charge in [0.1, 0.15) is 5.69 Å². The van der Waals surface area contributed by atoms with Crippen molar-refractivity contribution in [1.82, 2.24) is 30.0 Å². The van der Waals surface area contributed by atoms with Crippen LogP contribution < -0.4 is 5.32 Å². The number of amides is 2. The third kappa shape index (κ3) is 3.52. The molecule has 9 heteroatoms. The molecule has 32 heavy (non-hydrogen) atoms. The fourth-order valence-electron chi connectivity index (χ4n) is 3.98. The number of likely N-dealkylation sites (N-methyl/N-ethyl adjacent to an activating group) is 1. The Labute approximate surface area is 184 Å². The van der Waals surface area contributed by atoms with Crippen LogP contribution in [0, 0.1) is 0 Å². The summed E-state index contributed by atoms with van der Waals surface area (Å²) in [6.07, 6.45) is 1.22. The molecule has 2 amide bonds. The fraction of sp³-hybridized carbons (Fsp3) is 0.217. The van der Waals surface area contributed by atoms with Crippen molar-refractivity contribution in [3.63, 3.8) is 0 Å². The lowest BCUT2D eigenvalue weighted by molar-refractivity contribution is -0.111. The zero-order chi connectivity index (χ0) is 22.2. The number of carbonyl (C=O) groups is 2. The highest BCUT2D eigenvalue weighted by Gasteiger charge is 2.21. The molecule has 2 aromatic carbocycles. The van der Waals surface area contributed by atoms with E-state index in [4.69, 9.17) is 0 Å². The van der Waals surface area contributed by atoms with Gasteiger partial charge in [-0.2, -0.15) is 5.10 Å². The zero-order valence-electron chi connectivity index (χ0n) is 17.7. The second-order valence-electron chi connectivity index (χ2n) is 7.91.